The van der Waals surface area contributed by atoms with Crippen LogP contribution in [0.3, 0.4) is 0 Å². The van der Waals surface area contributed by atoms with Crippen molar-refractivity contribution in [3.63, 3.8) is 0 Å². The molecule has 0 bridgehead atoms. The smallest absolute Gasteiger partial charge is 0.0620 e. The maximum absolute atomic E-state index is 5.37. The van der Waals surface area contributed by atoms with Crippen molar-refractivity contribution in [2.75, 3.05) is 19.8 Å². The molecule has 2 rings (SSSR count). The molecule has 3 atom stereocenters. The third kappa shape index (κ3) is 3.32. The van der Waals surface area contributed by atoms with E-state index in [1.807, 2.05) is 0 Å². The molecule has 2 heteroatoms. The first kappa shape index (κ1) is 11.2. The van der Waals surface area contributed by atoms with Crippen LogP contribution < -0.4 is 5.32 Å². The van der Waals surface area contributed by atoms with Crippen LogP contribution in [-0.4, -0.2) is 25.8 Å². The number of allylic oxidation sites excluding steroid dienone is 2. The number of hydrogen-bond acceptors (Lipinski definition) is 2. The molecule has 1 fully saturated rings. The number of ether oxygens (including phenoxy) is 1. The molecule has 2 aliphatic rings. The van der Waals surface area contributed by atoms with E-state index in [1.54, 1.807) is 5.57 Å². The second-order valence-electron chi connectivity index (χ2n) is 5.26. The SMILES string of the molecule is CC1=CC(C)CC(CNC2CCOC2)C1. The molecule has 0 aromatic carbocycles. The average molecular weight is 209 g/mol. The Hall–Kier alpha value is -0.340. The van der Waals surface area contributed by atoms with Crippen LogP contribution in [0.15, 0.2) is 11.6 Å². The summed E-state index contributed by atoms with van der Waals surface area (Å²) in [5.41, 5.74) is 1.57. The van der Waals surface area contributed by atoms with Gasteiger partial charge in [0.15, 0.2) is 0 Å². The van der Waals surface area contributed by atoms with Crippen molar-refractivity contribution in [1.82, 2.24) is 5.32 Å². The average Bonchev–Trinajstić information content (AvgIpc) is 2.65. The first-order valence-electron chi connectivity index (χ1n) is 6.22. The minimum absolute atomic E-state index is 0.617. The molecule has 15 heavy (non-hydrogen) atoms. The van der Waals surface area contributed by atoms with E-state index < -0.39 is 0 Å². The highest BCUT2D eigenvalue weighted by Crippen LogP contribution is 2.27. The molecule has 1 aliphatic carbocycles. The second-order valence-corrected chi connectivity index (χ2v) is 5.26. The molecule has 1 saturated heterocycles. The van der Waals surface area contributed by atoms with E-state index in [2.05, 4.69) is 25.2 Å². The molecule has 1 aliphatic heterocycles. The normalized spacial score (nSPS) is 36.7. The standard InChI is InChI=1S/C13H23NO/c1-10-5-11(2)7-12(6-10)8-14-13-3-4-15-9-13/h5,10,12-14H,3-4,6-9H2,1-2H3. The third-order valence-corrected chi connectivity index (χ3v) is 3.51. The first-order chi connectivity index (χ1) is 7.24. The van der Waals surface area contributed by atoms with Gasteiger partial charge in [-0.2, -0.15) is 0 Å². The van der Waals surface area contributed by atoms with Crippen LogP contribution in [0.1, 0.15) is 33.1 Å². The van der Waals surface area contributed by atoms with Crippen LogP contribution in [0.25, 0.3) is 0 Å². The van der Waals surface area contributed by atoms with E-state index in [4.69, 9.17) is 4.74 Å². The van der Waals surface area contributed by atoms with E-state index in [9.17, 15) is 0 Å². The van der Waals surface area contributed by atoms with E-state index in [0.29, 0.717) is 6.04 Å². The summed E-state index contributed by atoms with van der Waals surface area (Å²) in [7, 11) is 0. The van der Waals surface area contributed by atoms with Crippen LogP contribution in [0.4, 0.5) is 0 Å². The number of hydrogen-bond donors (Lipinski definition) is 1. The van der Waals surface area contributed by atoms with Crippen molar-refractivity contribution in [3.8, 4) is 0 Å². The molecule has 2 nitrogen and oxygen atoms in total. The van der Waals surface area contributed by atoms with Gasteiger partial charge in [-0.25, -0.2) is 0 Å². The summed E-state index contributed by atoms with van der Waals surface area (Å²) in [5.74, 6) is 1.61. The summed E-state index contributed by atoms with van der Waals surface area (Å²) in [5, 5.41) is 3.64. The minimum Gasteiger partial charge on any atom is -0.380 e. The Bertz CT molecular complexity index is 231. The zero-order valence-corrected chi connectivity index (χ0v) is 9.96. The molecule has 0 radical (unpaired) electrons. The van der Waals surface area contributed by atoms with Gasteiger partial charge in [0, 0.05) is 12.6 Å². The fraction of sp³-hybridized carbons (Fsp3) is 0.846. The van der Waals surface area contributed by atoms with Crippen molar-refractivity contribution in [3.05, 3.63) is 11.6 Å². The first-order valence-corrected chi connectivity index (χ1v) is 6.22. The largest absolute Gasteiger partial charge is 0.380 e. The van der Waals surface area contributed by atoms with Gasteiger partial charge in [-0.15, -0.1) is 0 Å². The molecule has 1 N–H and O–H groups in total. The van der Waals surface area contributed by atoms with Crippen molar-refractivity contribution in [2.45, 2.75) is 39.2 Å². The maximum atomic E-state index is 5.37. The highest BCUT2D eigenvalue weighted by atomic mass is 16.5. The highest BCUT2D eigenvalue weighted by Gasteiger charge is 2.20. The van der Waals surface area contributed by atoms with Crippen LogP contribution in [0.2, 0.25) is 0 Å². The quantitative estimate of drug-likeness (QED) is 0.720. The Kier molecular flexibility index (Phi) is 3.81. The molecular weight excluding hydrogens is 186 g/mol. The van der Waals surface area contributed by atoms with Gasteiger partial charge < -0.3 is 10.1 Å². The van der Waals surface area contributed by atoms with E-state index >= 15 is 0 Å². The van der Waals surface area contributed by atoms with Crippen LogP contribution in [-0.2, 0) is 4.74 Å². The van der Waals surface area contributed by atoms with Crippen LogP contribution in [0, 0.1) is 11.8 Å². The maximum Gasteiger partial charge on any atom is 0.0620 e. The summed E-state index contributed by atoms with van der Waals surface area (Å²) in [6.45, 7) is 7.62. The Balaban J connectivity index is 1.73. The Morgan fingerprint density at radius 1 is 1.53 bits per heavy atom. The van der Waals surface area contributed by atoms with E-state index in [0.717, 1.165) is 25.0 Å². The summed E-state index contributed by atoms with van der Waals surface area (Å²) in [4.78, 5) is 0. The van der Waals surface area contributed by atoms with Crippen LogP contribution >= 0.6 is 0 Å². The van der Waals surface area contributed by atoms with E-state index in [1.165, 1.54) is 25.8 Å². The minimum atomic E-state index is 0.617. The third-order valence-electron chi connectivity index (χ3n) is 3.51. The second kappa shape index (κ2) is 5.13. The molecule has 86 valence electrons. The zero-order valence-electron chi connectivity index (χ0n) is 9.96. The molecule has 3 unspecified atom stereocenters. The monoisotopic (exact) mass is 209 g/mol. The van der Waals surface area contributed by atoms with Gasteiger partial charge in [0.05, 0.1) is 6.61 Å². The fourth-order valence-corrected chi connectivity index (χ4v) is 2.87. The van der Waals surface area contributed by atoms with Gasteiger partial charge in [0.2, 0.25) is 0 Å². The molecule has 0 spiro atoms. The highest BCUT2D eigenvalue weighted by molar-refractivity contribution is 5.06. The Morgan fingerprint density at radius 3 is 3.07 bits per heavy atom. The van der Waals surface area contributed by atoms with E-state index in [-0.39, 0.29) is 0 Å². The number of nitrogens with one attached hydrogen (secondary N) is 1. The summed E-state index contributed by atoms with van der Waals surface area (Å²) < 4.78 is 5.37. The predicted octanol–water partition coefficient (Wildman–Crippen LogP) is 2.36. The van der Waals surface area contributed by atoms with Gasteiger partial charge in [0.1, 0.15) is 0 Å². The van der Waals surface area contributed by atoms with Gasteiger partial charge in [-0.05, 0) is 44.6 Å². The summed E-state index contributed by atoms with van der Waals surface area (Å²) >= 11 is 0. The Labute approximate surface area is 93.1 Å². The van der Waals surface area contributed by atoms with Crippen molar-refractivity contribution < 1.29 is 4.74 Å². The molecule has 0 amide bonds. The van der Waals surface area contributed by atoms with Gasteiger partial charge in [-0.1, -0.05) is 18.6 Å². The van der Waals surface area contributed by atoms with Crippen molar-refractivity contribution in [1.29, 1.82) is 0 Å². The fourth-order valence-electron chi connectivity index (χ4n) is 2.87. The lowest BCUT2D eigenvalue weighted by Gasteiger charge is -2.26. The van der Waals surface area contributed by atoms with Gasteiger partial charge in [-0.3, -0.25) is 0 Å². The van der Waals surface area contributed by atoms with Crippen molar-refractivity contribution in [2.24, 2.45) is 11.8 Å². The predicted molar refractivity (Wildman–Crippen MR) is 62.9 cm³/mol. The van der Waals surface area contributed by atoms with Crippen LogP contribution in [0.5, 0.6) is 0 Å². The van der Waals surface area contributed by atoms with Crippen molar-refractivity contribution >= 4 is 0 Å². The lowest BCUT2D eigenvalue weighted by molar-refractivity contribution is 0.188. The molecule has 0 aromatic rings. The number of rotatable bonds is 3. The zero-order chi connectivity index (χ0) is 10.7. The topological polar surface area (TPSA) is 21.3 Å². The molecule has 0 aromatic heterocycles. The summed E-state index contributed by atoms with van der Waals surface area (Å²) in [6, 6.07) is 0.617. The lowest BCUT2D eigenvalue weighted by Crippen LogP contribution is -2.34. The van der Waals surface area contributed by atoms with Gasteiger partial charge in [0.25, 0.3) is 0 Å². The Morgan fingerprint density at radius 2 is 2.40 bits per heavy atom. The molecular formula is C13H23NO. The summed E-state index contributed by atoms with van der Waals surface area (Å²) in [6.07, 6.45) is 6.25. The molecule has 1 heterocycles. The molecule has 0 saturated carbocycles. The van der Waals surface area contributed by atoms with Gasteiger partial charge >= 0.3 is 0 Å². The lowest BCUT2D eigenvalue weighted by atomic mass is 9.83.